The van der Waals surface area contributed by atoms with Crippen molar-refractivity contribution in [1.29, 1.82) is 0 Å². The first-order valence-corrected chi connectivity index (χ1v) is 21.6. The van der Waals surface area contributed by atoms with Crippen molar-refractivity contribution in [3.63, 3.8) is 0 Å². The number of hydrogen-bond acceptors (Lipinski definition) is 11. The predicted octanol–water partition coefficient (Wildman–Crippen LogP) is 7.32. The fourth-order valence-corrected chi connectivity index (χ4v) is 9.04. The summed E-state index contributed by atoms with van der Waals surface area (Å²) in [5, 5.41) is 10.3. The Bertz CT molecular complexity index is 2610. The summed E-state index contributed by atoms with van der Waals surface area (Å²) in [4.78, 5) is 65.3. The van der Waals surface area contributed by atoms with Crippen LogP contribution in [0.15, 0.2) is 77.7 Å². The van der Waals surface area contributed by atoms with Crippen molar-refractivity contribution in [2.75, 3.05) is 49.1 Å². The normalized spacial score (nSPS) is 18.4. The molecule has 15 nitrogen and oxygen atoms in total. The summed E-state index contributed by atoms with van der Waals surface area (Å²) >= 11 is 0. The third-order valence-corrected chi connectivity index (χ3v) is 12.6. The van der Waals surface area contributed by atoms with Crippen molar-refractivity contribution in [2.45, 2.75) is 77.7 Å². The molecule has 6 aromatic rings. The third-order valence-electron chi connectivity index (χ3n) is 12.6. The summed E-state index contributed by atoms with van der Waals surface area (Å²) in [6.45, 7) is 15.6. The molecule has 4 aromatic heterocycles. The van der Waals surface area contributed by atoms with E-state index in [1.165, 1.54) is 11.3 Å². The van der Waals surface area contributed by atoms with E-state index in [1.807, 2.05) is 65.1 Å². The molecular weight excluding hydrogens is 783 g/mol. The highest BCUT2D eigenvalue weighted by atomic mass is 16.5. The van der Waals surface area contributed by atoms with Crippen molar-refractivity contribution in [3.05, 3.63) is 102 Å². The average molecular weight is 836 g/mol. The summed E-state index contributed by atoms with van der Waals surface area (Å²) in [5.74, 6) is 0.927. The molecule has 4 amide bonds. The number of aromatic nitrogens is 6. The molecule has 3 fully saturated rings. The fraction of sp³-hybridized carbons (Fsp3) is 0.404. The van der Waals surface area contributed by atoms with Gasteiger partial charge in [-0.1, -0.05) is 44.1 Å². The summed E-state index contributed by atoms with van der Waals surface area (Å²) in [6, 6.07) is 20.0. The number of carbonyl (C=O) groups excluding carboxylic acids is 3. The van der Waals surface area contributed by atoms with Crippen LogP contribution in [-0.2, 0) is 10.2 Å². The summed E-state index contributed by atoms with van der Waals surface area (Å²) in [5.41, 5.74) is 9.17. The predicted molar refractivity (Wildman–Crippen MR) is 237 cm³/mol. The van der Waals surface area contributed by atoms with Crippen LogP contribution in [-0.4, -0.2) is 92.1 Å². The van der Waals surface area contributed by atoms with Crippen LogP contribution in [0, 0.1) is 12.8 Å². The number of pyridine rings is 1. The van der Waals surface area contributed by atoms with E-state index in [4.69, 9.17) is 9.51 Å². The van der Waals surface area contributed by atoms with Gasteiger partial charge in [-0.15, -0.1) is 0 Å². The maximum absolute atomic E-state index is 12.9. The maximum atomic E-state index is 12.9. The monoisotopic (exact) mass is 835 g/mol. The van der Waals surface area contributed by atoms with Crippen molar-refractivity contribution in [2.24, 2.45) is 5.92 Å². The van der Waals surface area contributed by atoms with Crippen molar-refractivity contribution >= 4 is 40.3 Å². The average Bonchev–Trinajstić information content (AvgIpc) is 4.05. The Balaban J connectivity index is 0.786. The summed E-state index contributed by atoms with van der Waals surface area (Å²) in [6.07, 6.45) is 7.36. The second-order valence-corrected chi connectivity index (χ2v) is 18.0. The Morgan fingerprint density at radius 2 is 1.73 bits per heavy atom. The summed E-state index contributed by atoms with van der Waals surface area (Å²) < 4.78 is 5.25. The van der Waals surface area contributed by atoms with Gasteiger partial charge in [0.2, 0.25) is 5.91 Å². The van der Waals surface area contributed by atoms with Gasteiger partial charge in [0, 0.05) is 73.1 Å². The minimum absolute atomic E-state index is 0.0494. The highest BCUT2D eigenvalue weighted by molar-refractivity contribution is 6.05. The lowest BCUT2D eigenvalue weighted by Crippen LogP contribution is -2.49. The molecule has 3 aliphatic heterocycles. The molecule has 320 valence electrons. The number of aryl methyl sites for hydroxylation is 1. The molecule has 3 saturated heterocycles. The number of rotatable bonds is 10. The lowest BCUT2D eigenvalue weighted by atomic mass is 9.95. The van der Waals surface area contributed by atoms with Gasteiger partial charge in [0.25, 0.3) is 0 Å². The molecule has 0 spiro atoms. The molecule has 0 bridgehead atoms. The first-order valence-electron chi connectivity index (χ1n) is 21.6. The zero-order valence-corrected chi connectivity index (χ0v) is 35.9. The molecule has 15 heteroatoms. The van der Waals surface area contributed by atoms with Crippen molar-refractivity contribution in [1.82, 2.24) is 45.6 Å². The molecule has 2 atom stereocenters. The van der Waals surface area contributed by atoms with Crippen LogP contribution >= 0.6 is 0 Å². The van der Waals surface area contributed by atoms with Crippen molar-refractivity contribution < 1.29 is 18.9 Å². The highest BCUT2D eigenvalue weighted by Crippen LogP contribution is 2.34. The maximum Gasteiger partial charge on any atom is 0.328 e. The lowest BCUT2D eigenvalue weighted by molar-refractivity contribution is -0.120. The van der Waals surface area contributed by atoms with Crippen LogP contribution in [0.3, 0.4) is 0 Å². The number of benzene rings is 2. The van der Waals surface area contributed by atoms with E-state index in [-0.39, 0.29) is 29.3 Å². The SMILES string of the molecule is Cc1cc(-c2ncnc3[nH]c(-c4ccc(C5CCN(CC6CCN(c7ccc(N8CCC(=O)NC8=O)cc7)CC6)C5)cn4)cc23)ccc1[C@@H](C)NC(=O)c1nc(C(C)(C)C)no1. The number of nitrogens with one attached hydrogen (secondary N) is 3. The molecule has 9 rings (SSSR count). The fourth-order valence-electron chi connectivity index (χ4n) is 9.04. The number of piperidine rings is 1. The van der Waals surface area contributed by atoms with Crippen LogP contribution in [0.5, 0.6) is 0 Å². The van der Waals surface area contributed by atoms with Crippen LogP contribution < -0.4 is 20.4 Å². The lowest BCUT2D eigenvalue weighted by Gasteiger charge is -2.35. The van der Waals surface area contributed by atoms with Gasteiger partial charge < -0.3 is 24.6 Å². The second-order valence-electron chi connectivity index (χ2n) is 18.0. The Hall–Kier alpha value is -6.48. The molecular formula is C47H53N11O4. The number of anilines is 2. The van der Waals surface area contributed by atoms with Crippen LogP contribution in [0.25, 0.3) is 33.7 Å². The zero-order valence-electron chi connectivity index (χ0n) is 35.9. The van der Waals surface area contributed by atoms with Gasteiger partial charge in [0.05, 0.1) is 23.1 Å². The third kappa shape index (κ3) is 8.53. The Kier molecular flexibility index (Phi) is 11.1. The Labute approximate surface area is 360 Å². The smallest absolute Gasteiger partial charge is 0.328 e. The summed E-state index contributed by atoms with van der Waals surface area (Å²) in [7, 11) is 0. The number of hydrogen-bond donors (Lipinski definition) is 3. The molecule has 3 aliphatic rings. The van der Waals surface area contributed by atoms with E-state index in [9.17, 15) is 14.4 Å². The molecule has 0 aliphatic carbocycles. The van der Waals surface area contributed by atoms with E-state index in [0.29, 0.717) is 30.6 Å². The van der Waals surface area contributed by atoms with E-state index in [2.05, 4.69) is 81.9 Å². The molecule has 3 N–H and O–H groups in total. The second kappa shape index (κ2) is 16.8. The van der Waals surface area contributed by atoms with Gasteiger partial charge in [-0.3, -0.25) is 24.8 Å². The number of carbonyl (C=O) groups is 3. The minimum Gasteiger partial charge on any atom is -0.372 e. The van der Waals surface area contributed by atoms with Gasteiger partial charge in [0.1, 0.15) is 12.0 Å². The van der Waals surface area contributed by atoms with E-state index in [1.54, 1.807) is 11.2 Å². The highest BCUT2D eigenvalue weighted by Gasteiger charge is 2.30. The topological polar surface area (TPSA) is 178 Å². The molecule has 1 unspecified atom stereocenters. The quantitative estimate of drug-likeness (QED) is 0.126. The molecule has 0 saturated carbocycles. The Morgan fingerprint density at radius 1 is 0.935 bits per heavy atom. The number of amides is 4. The number of likely N-dealkylation sites (tertiary alicyclic amines) is 1. The van der Waals surface area contributed by atoms with Gasteiger partial charge in [-0.25, -0.2) is 14.8 Å². The molecule has 62 heavy (non-hydrogen) atoms. The molecule has 7 heterocycles. The van der Waals surface area contributed by atoms with E-state index >= 15 is 0 Å². The van der Waals surface area contributed by atoms with Crippen LogP contribution in [0.4, 0.5) is 16.2 Å². The van der Waals surface area contributed by atoms with Crippen LogP contribution in [0.2, 0.25) is 0 Å². The number of nitrogens with zero attached hydrogens (tertiary/aromatic N) is 8. The number of imide groups is 1. The number of urea groups is 1. The molecule has 0 radical (unpaired) electrons. The van der Waals surface area contributed by atoms with Crippen molar-refractivity contribution in [3.8, 4) is 22.6 Å². The first-order chi connectivity index (χ1) is 29.9. The minimum atomic E-state index is -0.411. The van der Waals surface area contributed by atoms with Gasteiger partial charge >= 0.3 is 17.8 Å². The van der Waals surface area contributed by atoms with E-state index in [0.717, 1.165) is 102 Å². The molecule has 2 aromatic carbocycles. The number of H-pyrrole nitrogens is 1. The standard InChI is InChI=1S/C47H53N11O4/c1-28-22-31(6-12-36(28)29(2)51-43(60)44-54-45(55-62-44)47(3,4)5)41-37-23-39(52-42(37)50-27-49-41)38-13-7-32(24-48-38)33-16-18-56(26-33)25-30-14-19-57(20-15-30)34-8-10-35(11-9-34)58-21-17-40(59)53-46(58)61/h6-13,22-24,27,29-30,33H,14-21,25-26H2,1-5H3,(H,51,60)(H,49,50,52)(H,53,59,61)/t29-,33?/m1/s1. The van der Waals surface area contributed by atoms with Gasteiger partial charge in [-0.2, -0.15) is 4.98 Å². The number of fused-ring (bicyclic) bond motifs is 1. The van der Waals surface area contributed by atoms with Crippen LogP contribution in [0.1, 0.15) is 98.5 Å². The largest absolute Gasteiger partial charge is 0.372 e. The number of aromatic amines is 1. The van der Waals surface area contributed by atoms with E-state index < -0.39 is 5.91 Å². The van der Waals surface area contributed by atoms with Gasteiger partial charge in [0.15, 0.2) is 5.82 Å². The van der Waals surface area contributed by atoms with Gasteiger partial charge in [-0.05, 0) is 111 Å². The first kappa shape index (κ1) is 40.9. The Morgan fingerprint density at radius 3 is 2.44 bits per heavy atom. The zero-order chi connectivity index (χ0) is 43.1.